The first-order valence-electron chi connectivity index (χ1n) is 6.12. The van der Waals surface area contributed by atoms with Gasteiger partial charge in [-0.25, -0.2) is 0 Å². The number of rotatable bonds is 5. The number of ketones is 1. The summed E-state index contributed by atoms with van der Waals surface area (Å²) in [7, 11) is 1.56. The molecule has 0 atom stereocenters. The Kier molecular flexibility index (Phi) is 4.18. The molecule has 6 heteroatoms. The average molecular weight is 287 g/mol. The lowest BCUT2D eigenvalue weighted by Crippen LogP contribution is -1.99. The normalized spacial score (nSPS) is 10.0. The molecule has 0 saturated carbocycles. The number of nitrogens with zero attached hydrogens (tertiary/aromatic N) is 1. The number of non-ortho nitro benzene ring substituents is 1. The van der Waals surface area contributed by atoms with Gasteiger partial charge in [-0.05, 0) is 37.3 Å². The van der Waals surface area contributed by atoms with Crippen molar-refractivity contribution in [3.63, 3.8) is 0 Å². The van der Waals surface area contributed by atoms with Crippen LogP contribution in [0, 0.1) is 10.1 Å². The van der Waals surface area contributed by atoms with E-state index >= 15 is 0 Å². The van der Waals surface area contributed by atoms with Gasteiger partial charge in [0.15, 0.2) is 5.78 Å². The van der Waals surface area contributed by atoms with Crippen molar-refractivity contribution < 1.29 is 19.2 Å². The molecule has 0 fully saturated rings. The van der Waals surface area contributed by atoms with E-state index in [2.05, 4.69) is 0 Å². The highest BCUT2D eigenvalue weighted by Gasteiger charge is 2.15. The minimum absolute atomic E-state index is 0.151. The Balaban J connectivity index is 2.34. The monoisotopic (exact) mass is 287 g/mol. The van der Waals surface area contributed by atoms with Gasteiger partial charge in [-0.3, -0.25) is 14.9 Å². The van der Waals surface area contributed by atoms with Crippen molar-refractivity contribution in [2.45, 2.75) is 6.92 Å². The molecule has 0 spiro atoms. The van der Waals surface area contributed by atoms with E-state index in [4.69, 9.17) is 9.47 Å². The van der Waals surface area contributed by atoms with Gasteiger partial charge in [0, 0.05) is 12.1 Å². The van der Waals surface area contributed by atoms with Crippen LogP contribution in [0.1, 0.15) is 17.3 Å². The molecule has 0 aromatic heterocycles. The van der Waals surface area contributed by atoms with Crippen molar-refractivity contribution >= 4 is 11.5 Å². The lowest BCUT2D eigenvalue weighted by Gasteiger charge is -2.09. The van der Waals surface area contributed by atoms with Crippen LogP contribution in [-0.2, 0) is 0 Å². The van der Waals surface area contributed by atoms with Gasteiger partial charge in [-0.15, -0.1) is 0 Å². The first-order chi connectivity index (χ1) is 10.0. The summed E-state index contributed by atoms with van der Waals surface area (Å²) in [6.45, 7) is 1.33. The molecule has 6 nitrogen and oxygen atoms in total. The zero-order valence-electron chi connectivity index (χ0n) is 11.5. The van der Waals surface area contributed by atoms with Crippen LogP contribution in [-0.4, -0.2) is 17.8 Å². The van der Waals surface area contributed by atoms with Crippen molar-refractivity contribution in [3.8, 4) is 17.2 Å². The molecule has 0 radical (unpaired) electrons. The quantitative estimate of drug-likeness (QED) is 0.477. The molecule has 0 heterocycles. The van der Waals surface area contributed by atoms with Crippen LogP contribution in [0.15, 0.2) is 42.5 Å². The van der Waals surface area contributed by atoms with E-state index in [1.165, 1.54) is 25.1 Å². The Bertz CT molecular complexity index is 679. The summed E-state index contributed by atoms with van der Waals surface area (Å²) in [6, 6.07) is 10.7. The highest BCUT2D eigenvalue weighted by Crippen LogP contribution is 2.30. The largest absolute Gasteiger partial charge is 0.497 e. The molecule has 0 saturated heterocycles. The maximum Gasteiger partial charge on any atom is 0.270 e. The Morgan fingerprint density at radius 3 is 2.24 bits per heavy atom. The minimum atomic E-state index is -0.552. The van der Waals surface area contributed by atoms with Gasteiger partial charge in [-0.1, -0.05) is 0 Å². The summed E-state index contributed by atoms with van der Waals surface area (Å²) < 4.78 is 10.6. The van der Waals surface area contributed by atoms with Crippen LogP contribution in [0.25, 0.3) is 0 Å². The van der Waals surface area contributed by atoms with Crippen molar-refractivity contribution in [2.24, 2.45) is 0 Å². The number of benzene rings is 2. The predicted octanol–water partition coefficient (Wildman–Crippen LogP) is 3.60. The molecule has 108 valence electrons. The number of carbonyl (C=O) groups is 1. The predicted molar refractivity (Wildman–Crippen MR) is 76.2 cm³/mol. The van der Waals surface area contributed by atoms with Crippen molar-refractivity contribution in [1.29, 1.82) is 0 Å². The zero-order valence-corrected chi connectivity index (χ0v) is 11.5. The molecule has 0 unspecified atom stereocenters. The highest BCUT2D eigenvalue weighted by molar-refractivity contribution is 5.97. The number of carbonyl (C=O) groups excluding carboxylic acids is 1. The highest BCUT2D eigenvalue weighted by atomic mass is 16.6. The van der Waals surface area contributed by atoms with E-state index in [0.29, 0.717) is 11.5 Å². The molecule has 2 rings (SSSR count). The number of ether oxygens (including phenoxy) is 2. The van der Waals surface area contributed by atoms with Crippen LogP contribution in [0.5, 0.6) is 17.2 Å². The van der Waals surface area contributed by atoms with Gasteiger partial charge in [0.1, 0.15) is 17.2 Å². The first kappa shape index (κ1) is 14.5. The fourth-order valence-corrected chi connectivity index (χ4v) is 1.77. The third-order valence-corrected chi connectivity index (χ3v) is 2.84. The summed E-state index contributed by atoms with van der Waals surface area (Å²) in [5, 5.41) is 10.8. The smallest absolute Gasteiger partial charge is 0.270 e. The molecule has 0 N–H and O–H groups in total. The van der Waals surface area contributed by atoms with E-state index in [-0.39, 0.29) is 22.8 Å². The Morgan fingerprint density at radius 1 is 1.10 bits per heavy atom. The summed E-state index contributed by atoms with van der Waals surface area (Å²) >= 11 is 0. The molecule has 0 aliphatic carbocycles. The van der Waals surface area contributed by atoms with Crippen LogP contribution in [0.4, 0.5) is 5.69 Å². The Labute approximate surface area is 121 Å². The minimum Gasteiger partial charge on any atom is -0.497 e. The first-order valence-corrected chi connectivity index (χ1v) is 6.12. The summed E-state index contributed by atoms with van der Waals surface area (Å²) in [4.78, 5) is 21.8. The van der Waals surface area contributed by atoms with Gasteiger partial charge in [0.05, 0.1) is 17.6 Å². The fourth-order valence-electron chi connectivity index (χ4n) is 1.77. The Morgan fingerprint density at radius 2 is 1.71 bits per heavy atom. The molecule has 21 heavy (non-hydrogen) atoms. The van der Waals surface area contributed by atoms with Gasteiger partial charge in [0.25, 0.3) is 5.69 Å². The number of hydrogen-bond donors (Lipinski definition) is 0. The van der Waals surface area contributed by atoms with Gasteiger partial charge >= 0.3 is 0 Å². The molecule has 0 bridgehead atoms. The second kappa shape index (κ2) is 6.04. The van der Waals surface area contributed by atoms with Crippen molar-refractivity contribution in [1.82, 2.24) is 0 Å². The maximum atomic E-state index is 11.6. The average Bonchev–Trinajstić information content (AvgIpc) is 2.48. The van der Waals surface area contributed by atoms with E-state index in [1.807, 2.05) is 0 Å². The van der Waals surface area contributed by atoms with Crippen molar-refractivity contribution in [2.75, 3.05) is 7.11 Å². The molecule has 0 aliphatic rings. The van der Waals surface area contributed by atoms with Crippen LogP contribution < -0.4 is 9.47 Å². The third kappa shape index (κ3) is 3.36. The van der Waals surface area contributed by atoms with E-state index in [1.54, 1.807) is 31.4 Å². The van der Waals surface area contributed by atoms with E-state index in [0.717, 1.165) is 0 Å². The van der Waals surface area contributed by atoms with Gasteiger partial charge < -0.3 is 9.47 Å². The number of nitro groups is 1. The SMILES string of the molecule is COc1ccc(Oc2ccc([N+](=O)[O-])cc2C(C)=O)cc1. The van der Waals surface area contributed by atoms with Crippen LogP contribution in [0.2, 0.25) is 0 Å². The molecular weight excluding hydrogens is 274 g/mol. The third-order valence-electron chi connectivity index (χ3n) is 2.84. The molecule has 0 aliphatic heterocycles. The molecule has 2 aromatic rings. The number of nitro benzene ring substituents is 1. The topological polar surface area (TPSA) is 78.7 Å². The van der Waals surface area contributed by atoms with E-state index < -0.39 is 4.92 Å². The van der Waals surface area contributed by atoms with Crippen LogP contribution >= 0.6 is 0 Å². The molecule has 0 amide bonds. The summed E-state index contributed by atoms with van der Waals surface area (Å²) in [5.74, 6) is 1.16. The Hall–Kier alpha value is -2.89. The van der Waals surface area contributed by atoms with Crippen molar-refractivity contribution in [3.05, 3.63) is 58.1 Å². The second-order valence-corrected chi connectivity index (χ2v) is 4.27. The summed E-state index contributed by atoms with van der Waals surface area (Å²) in [5.41, 5.74) is 0.0160. The lowest BCUT2D eigenvalue weighted by atomic mass is 10.1. The fraction of sp³-hybridized carbons (Fsp3) is 0.133. The maximum absolute atomic E-state index is 11.6. The number of Topliss-reactive ketones (excluding diaryl/α,β-unsaturated/α-hetero) is 1. The number of methoxy groups -OCH3 is 1. The molecular formula is C15H13NO5. The lowest BCUT2D eigenvalue weighted by molar-refractivity contribution is -0.384. The van der Waals surface area contributed by atoms with Gasteiger partial charge in [0.2, 0.25) is 0 Å². The van der Waals surface area contributed by atoms with Gasteiger partial charge in [-0.2, -0.15) is 0 Å². The van der Waals surface area contributed by atoms with E-state index in [9.17, 15) is 14.9 Å². The summed E-state index contributed by atoms with van der Waals surface area (Å²) in [6.07, 6.45) is 0. The zero-order chi connectivity index (χ0) is 15.4. The molecule has 2 aromatic carbocycles. The standard InChI is InChI=1S/C15H13NO5/c1-10(17)14-9-11(16(18)19)3-8-15(14)21-13-6-4-12(20-2)5-7-13/h3-9H,1-2H3. The number of hydrogen-bond acceptors (Lipinski definition) is 5. The second-order valence-electron chi connectivity index (χ2n) is 4.27. The van der Waals surface area contributed by atoms with Crippen LogP contribution in [0.3, 0.4) is 0 Å².